The lowest BCUT2D eigenvalue weighted by atomic mass is 10.1. The van der Waals surface area contributed by atoms with Crippen molar-refractivity contribution in [2.24, 2.45) is 0 Å². The van der Waals surface area contributed by atoms with Crippen LogP contribution in [0.4, 0.5) is 5.69 Å². The van der Waals surface area contributed by atoms with Crippen LogP contribution in [0.25, 0.3) is 11.0 Å². The van der Waals surface area contributed by atoms with E-state index in [0.29, 0.717) is 17.0 Å². The largest absolute Gasteiger partial charge is 0.508 e. The van der Waals surface area contributed by atoms with Gasteiger partial charge in [-0.1, -0.05) is 18.2 Å². The van der Waals surface area contributed by atoms with E-state index in [0.717, 1.165) is 16.5 Å². The van der Waals surface area contributed by atoms with Crippen molar-refractivity contribution in [1.82, 2.24) is 0 Å². The highest BCUT2D eigenvalue weighted by Crippen LogP contribution is 2.26. The zero-order valence-electron chi connectivity index (χ0n) is 11.8. The van der Waals surface area contributed by atoms with Crippen molar-refractivity contribution in [1.29, 1.82) is 0 Å². The molecule has 4 nitrogen and oxygen atoms in total. The molecule has 0 aliphatic carbocycles. The minimum absolute atomic E-state index is 0.172. The SMILES string of the molecule is Cc1cc(O)ccc1NC(=O)c1oc2ccccc2c1C. The van der Waals surface area contributed by atoms with Crippen LogP contribution >= 0.6 is 0 Å². The molecule has 0 saturated carbocycles. The highest BCUT2D eigenvalue weighted by Gasteiger charge is 2.18. The summed E-state index contributed by atoms with van der Waals surface area (Å²) in [6.45, 7) is 3.69. The Hall–Kier alpha value is -2.75. The van der Waals surface area contributed by atoms with Crippen molar-refractivity contribution >= 4 is 22.6 Å². The molecular formula is C17H15NO3. The van der Waals surface area contributed by atoms with Gasteiger partial charge in [0.2, 0.25) is 0 Å². The number of hydrogen-bond donors (Lipinski definition) is 2. The first-order chi connectivity index (χ1) is 10.1. The quantitative estimate of drug-likeness (QED) is 0.698. The van der Waals surface area contributed by atoms with E-state index in [-0.39, 0.29) is 11.7 Å². The molecular weight excluding hydrogens is 266 g/mol. The highest BCUT2D eigenvalue weighted by atomic mass is 16.3. The number of rotatable bonds is 2. The molecule has 106 valence electrons. The van der Waals surface area contributed by atoms with E-state index in [9.17, 15) is 9.90 Å². The number of amides is 1. The Bertz CT molecular complexity index is 833. The van der Waals surface area contributed by atoms with Crippen molar-refractivity contribution in [3.63, 3.8) is 0 Å². The van der Waals surface area contributed by atoms with Crippen molar-refractivity contribution in [3.05, 3.63) is 59.4 Å². The number of fused-ring (bicyclic) bond motifs is 1. The summed E-state index contributed by atoms with van der Waals surface area (Å²) in [7, 11) is 0. The third-order valence-corrected chi connectivity index (χ3v) is 3.51. The predicted octanol–water partition coefficient (Wildman–Crippen LogP) is 4.01. The summed E-state index contributed by atoms with van der Waals surface area (Å²) in [6.07, 6.45) is 0. The third kappa shape index (κ3) is 2.36. The number of benzene rings is 2. The smallest absolute Gasteiger partial charge is 0.291 e. The summed E-state index contributed by atoms with van der Waals surface area (Å²) in [5, 5.41) is 13.1. The van der Waals surface area contributed by atoms with E-state index in [4.69, 9.17) is 4.42 Å². The van der Waals surface area contributed by atoms with Gasteiger partial charge in [-0.2, -0.15) is 0 Å². The molecule has 1 amide bonds. The minimum atomic E-state index is -0.294. The topological polar surface area (TPSA) is 62.5 Å². The van der Waals surface area contributed by atoms with Crippen molar-refractivity contribution in [3.8, 4) is 5.75 Å². The number of carbonyl (C=O) groups is 1. The minimum Gasteiger partial charge on any atom is -0.508 e. The Morgan fingerprint density at radius 3 is 2.62 bits per heavy atom. The maximum Gasteiger partial charge on any atom is 0.291 e. The number of phenols is 1. The van der Waals surface area contributed by atoms with Gasteiger partial charge >= 0.3 is 0 Å². The van der Waals surface area contributed by atoms with Gasteiger partial charge in [-0.05, 0) is 43.7 Å². The normalized spacial score (nSPS) is 10.8. The third-order valence-electron chi connectivity index (χ3n) is 3.51. The van der Waals surface area contributed by atoms with Gasteiger partial charge in [0.05, 0.1) is 0 Å². The summed E-state index contributed by atoms with van der Waals surface area (Å²) in [5.41, 5.74) is 2.96. The molecule has 2 N–H and O–H groups in total. The number of hydrogen-bond acceptors (Lipinski definition) is 3. The Labute approximate surface area is 122 Å². The number of aromatic hydroxyl groups is 1. The molecule has 0 aliphatic heterocycles. The number of anilines is 1. The lowest BCUT2D eigenvalue weighted by molar-refractivity contribution is 0.0998. The molecule has 21 heavy (non-hydrogen) atoms. The van der Waals surface area contributed by atoms with Crippen LogP contribution in [0.5, 0.6) is 5.75 Å². The second kappa shape index (κ2) is 4.98. The summed E-state index contributed by atoms with van der Waals surface area (Å²) >= 11 is 0. The van der Waals surface area contributed by atoms with Gasteiger partial charge in [0.1, 0.15) is 11.3 Å². The maximum atomic E-state index is 12.4. The second-order valence-electron chi connectivity index (χ2n) is 5.01. The first kappa shape index (κ1) is 13.2. The fraction of sp³-hybridized carbons (Fsp3) is 0.118. The second-order valence-corrected chi connectivity index (χ2v) is 5.01. The van der Waals surface area contributed by atoms with Crippen LogP contribution < -0.4 is 5.32 Å². The Morgan fingerprint density at radius 2 is 1.90 bits per heavy atom. The van der Waals surface area contributed by atoms with Gasteiger partial charge in [-0.3, -0.25) is 4.79 Å². The monoisotopic (exact) mass is 281 g/mol. The maximum absolute atomic E-state index is 12.4. The summed E-state index contributed by atoms with van der Waals surface area (Å²) in [4.78, 5) is 12.4. The lowest BCUT2D eigenvalue weighted by Gasteiger charge is -2.07. The van der Waals surface area contributed by atoms with Crippen LogP contribution in [0.3, 0.4) is 0 Å². The van der Waals surface area contributed by atoms with Crippen LogP contribution in [0.2, 0.25) is 0 Å². The molecule has 0 spiro atoms. The lowest BCUT2D eigenvalue weighted by Crippen LogP contribution is -2.12. The molecule has 0 fully saturated rings. The van der Waals surface area contributed by atoms with Gasteiger partial charge < -0.3 is 14.8 Å². The standard InChI is InChI=1S/C17H15NO3/c1-10-9-12(19)7-8-14(10)18-17(20)16-11(2)13-5-3-4-6-15(13)21-16/h3-9,19H,1-2H3,(H,18,20). The molecule has 3 aromatic rings. The Kier molecular flexibility index (Phi) is 3.14. The molecule has 1 heterocycles. The molecule has 0 unspecified atom stereocenters. The highest BCUT2D eigenvalue weighted by molar-refractivity contribution is 6.06. The number of phenolic OH excluding ortho intramolecular Hbond substituents is 1. The van der Waals surface area contributed by atoms with Crippen LogP contribution in [0.1, 0.15) is 21.7 Å². The Balaban J connectivity index is 1.95. The molecule has 0 aliphatic rings. The molecule has 1 aromatic heterocycles. The van der Waals surface area contributed by atoms with Gasteiger partial charge in [-0.25, -0.2) is 0 Å². The van der Waals surface area contributed by atoms with Gasteiger partial charge in [0.15, 0.2) is 5.76 Å². The van der Waals surface area contributed by atoms with Crippen LogP contribution in [-0.2, 0) is 0 Å². The average molecular weight is 281 g/mol. The van der Waals surface area contributed by atoms with Crippen molar-refractivity contribution < 1.29 is 14.3 Å². The molecule has 0 atom stereocenters. The summed E-state index contributed by atoms with van der Waals surface area (Å²) in [6, 6.07) is 12.4. The number of nitrogens with one attached hydrogen (secondary N) is 1. The van der Waals surface area contributed by atoms with Crippen LogP contribution in [0.15, 0.2) is 46.9 Å². The molecule has 0 radical (unpaired) electrons. The van der Waals surface area contributed by atoms with Crippen molar-refractivity contribution in [2.45, 2.75) is 13.8 Å². The van der Waals surface area contributed by atoms with Gasteiger partial charge in [0.25, 0.3) is 5.91 Å². The van der Waals surface area contributed by atoms with E-state index in [1.165, 1.54) is 6.07 Å². The fourth-order valence-corrected chi connectivity index (χ4v) is 2.36. The molecule has 4 heteroatoms. The fourth-order valence-electron chi connectivity index (χ4n) is 2.36. The van der Waals surface area contributed by atoms with Crippen LogP contribution in [-0.4, -0.2) is 11.0 Å². The van der Waals surface area contributed by atoms with Gasteiger partial charge in [-0.15, -0.1) is 0 Å². The molecule has 2 aromatic carbocycles. The number of para-hydroxylation sites is 1. The first-order valence-corrected chi connectivity index (χ1v) is 6.65. The van der Waals surface area contributed by atoms with Crippen molar-refractivity contribution in [2.75, 3.05) is 5.32 Å². The van der Waals surface area contributed by atoms with E-state index >= 15 is 0 Å². The molecule has 0 saturated heterocycles. The predicted molar refractivity (Wildman–Crippen MR) is 81.7 cm³/mol. The summed E-state index contributed by atoms with van der Waals surface area (Å²) in [5.74, 6) is 0.187. The van der Waals surface area contributed by atoms with E-state index in [2.05, 4.69) is 5.32 Å². The Morgan fingerprint density at radius 1 is 1.14 bits per heavy atom. The van der Waals surface area contributed by atoms with E-state index in [1.54, 1.807) is 12.1 Å². The number of furan rings is 1. The summed E-state index contributed by atoms with van der Waals surface area (Å²) < 4.78 is 5.63. The molecule has 0 bridgehead atoms. The molecule has 3 rings (SSSR count). The van der Waals surface area contributed by atoms with Crippen LogP contribution in [0, 0.1) is 13.8 Å². The van der Waals surface area contributed by atoms with E-state index in [1.807, 2.05) is 38.1 Å². The zero-order chi connectivity index (χ0) is 15.0. The number of aryl methyl sites for hydroxylation is 2. The average Bonchev–Trinajstić information content (AvgIpc) is 2.80. The van der Waals surface area contributed by atoms with E-state index < -0.39 is 0 Å². The zero-order valence-corrected chi connectivity index (χ0v) is 11.8. The van der Waals surface area contributed by atoms with Gasteiger partial charge in [0, 0.05) is 16.6 Å². The first-order valence-electron chi connectivity index (χ1n) is 6.65. The number of carbonyl (C=O) groups excluding carboxylic acids is 1.